The van der Waals surface area contributed by atoms with Crippen LogP contribution in [0.15, 0.2) is 0 Å². The summed E-state index contributed by atoms with van der Waals surface area (Å²) in [6.45, 7) is 0. The smallest absolute Gasteiger partial charge is 0.342 e. The van der Waals surface area contributed by atoms with Crippen LogP contribution >= 0.6 is 11.6 Å². The van der Waals surface area contributed by atoms with E-state index >= 15 is 0 Å². The van der Waals surface area contributed by atoms with E-state index in [0.29, 0.717) is 18.3 Å². The molecule has 4 rings (SSSR count). The number of halogens is 1. The van der Waals surface area contributed by atoms with E-state index in [9.17, 15) is 9.90 Å². The molecule has 4 aliphatic rings. The van der Waals surface area contributed by atoms with Crippen LogP contribution in [0.1, 0.15) is 38.5 Å². The fourth-order valence-corrected chi connectivity index (χ4v) is 5.30. The highest BCUT2D eigenvalue weighted by atomic mass is 35.5. The minimum Gasteiger partial charge on any atom is -0.467 e. The number of carbonyl (C=O) groups is 1. The molecule has 5 heteroatoms. The van der Waals surface area contributed by atoms with E-state index in [2.05, 4.69) is 0 Å². The van der Waals surface area contributed by atoms with Gasteiger partial charge < -0.3 is 15.6 Å². The molecule has 0 heterocycles. The second-order valence-electron chi connectivity index (χ2n) is 6.67. The van der Waals surface area contributed by atoms with Crippen molar-refractivity contribution in [1.82, 2.24) is 0 Å². The summed E-state index contributed by atoms with van der Waals surface area (Å²) in [4.78, 5) is 10.4. The first kappa shape index (κ1) is 12.7. The Balaban J connectivity index is 1.98. The molecule has 5 atom stereocenters. The predicted molar refractivity (Wildman–Crippen MR) is 66.9 cm³/mol. The number of esters is 1. The molecule has 0 aromatic rings. The first-order valence-corrected chi connectivity index (χ1v) is 6.97. The largest absolute Gasteiger partial charge is 0.467 e. The van der Waals surface area contributed by atoms with Gasteiger partial charge in [-0.25, -0.2) is 4.79 Å². The van der Waals surface area contributed by atoms with Crippen molar-refractivity contribution in [2.45, 2.75) is 49.1 Å². The molecule has 102 valence electrons. The van der Waals surface area contributed by atoms with Gasteiger partial charge in [-0.15, -0.1) is 0 Å². The van der Waals surface area contributed by atoms with Crippen molar-refractivity contribution in [2.75, 3.05) is 7.11 Å². The molecule has 0 radical (unpaired) electrons. The number of rotatable bonds is 2. The van der Waals surface area contributed by atoms with Gasteiger partial charge in [-0.3, -0.25) is 0 Å². The third-order valence-electron chi connectivity index (χ3n) is 5.28. The molecule has 0 amide bonds. The van der Waals surface area contributed by atoms with Gasteiger partial charge in [-0.2, -0.15) is 0 Å². The Morgan fingerprint density at radius 2 is 1.94 bits per heavy atom. The van der Waals surface area contributed by atoms with E-state index < -0.39 is 22.0 Å². The summed E-state index contributed by atoms with van der Waals surface area (Å²) in [5.41, 5.74) is 4.94. The third kappa shape index (κ3) is 1.55. The van der Waals surface area contributed by atoms with Gasteiger partial charge in [0, 0.05) is 5.41 Å². The van der Waals surface area contributed by atoms with E-state index in [1.807, 2.05) is 0 Å². The summed E-state index contributed by atoms with van der Waals surface area (Å²) in [7, 11) is 1.31. The first-order valence-electron chi connectivity index (χ1n) is 6.59. The quantitative estimate of drug-likeness (QED) is 0.453. The molecule has 0 aromatic carbocycles. The van der Waals surface area contributed by atoms with Gasteiger partial charge >= 0.3 is 5.97 Å². The van der Waals surface area contributed by atoms with Gasteiger partial charge in [0.05, 0.1) is 12.7 Å². The summed E-state index contributed by atoms with van der Waals surface area (Å²) >= 11 is 6.36. The Hall–Kier alpha value is -0.320. The summed E-state index contributed by atoms with van der Waals surface area (Å²) in [5.74, 6) is 0.319. The zero-order valence-corrected chi connectivity index (χ0v) is 11.4. The second kappa shape index (κ2) is 3.62. The summed E-state index contributed by atoms with van der Waals surface area (Å²) in [6, 6.07) is 0. The number of hydrogen-bond acceptors (Lipinski definition) is 4. The van der Waals surface area contributed by atoms with Crippen molar-refractivity contribution in [3.8, 4) is 0 Å². The van der Waals surface area contributed by atoms with Gasteiger partial charge in [0.15, 0.2) is 5.00 Å². The van der Waals surface area contributed by atoms with E-state index in [1.165, 1.54) is 7.11 Å². The first-order chi connectivity index (χ1) is 8.30. The van der Waals surface area contributed by atoms with Crippen LogP contribution in [0.3, 0.4) is 0 Å². The predicted octanol–water partition coefficient (Wildman–Crippen LogP) is 1.38. The van der Waals surface area contributed by atoms with E-state index in [1.54, 1.807) is 0 Å². The summed E-state index contributed by atoms with van der Waals surface area (Å²) < 4.78 is 4.76. The van der Waals surface area contributed by atoms with Crippen LogP contribution in [0.25, 0.3) is 0 Å². The molecule has 3 N–H and O–H groups in total. The maximum absolute atomic E-state index is 11.9. The molecule has 4 aliphatic carbocycles. The topological polar surface area (TPSA) is 72.5 Å². The molecule has 4 bridgehead atoms. The lowest BCUT2D eigenvalue weighted by Crippen LogP contribution is -2.67. The monoisotopic (exact) mass is 273 g/mol. The fraction of sp³-hybridized carbons (Fsp3) is 0.923. The minimum absolute atomic E-state index is 0.447. The van der Waals surface area contributed by atoms with Gasteiger partial charge in [-0.1, -0.05) is 11.6 Å². The van der Waals surface area contributed by atoms with Gasteiger partial charge in [-0.05, 0) is 50.4 Å². The molecular formula is C13H20ClNO3. The highest BCUT2D eigenvalue weighted by molar-refractivity contribution is 6.34. The van der Waals surface area contributed by atoms with Crippen LogP contribution in [0, 0.1) is 17.3 Å². The summed E-state index contributed by atoms with van der Waals surface area (Å²) in [5, 5.41) is 10.6. The number of carbonyl (C=O) groups excluding carboxylic acids is 1. The van der Waals surface area contributed by atoms with Crippen molar-refractivity contribution < 1.29 is 14.6 Å². The maximum Gasteiger partial charge on any atom is 0.342 e. The molecule has 0 saturated heterocycles. The van der Waals surface area contributed by atoms with Crippen LogP contribution in [0.2, 0.25) is 0 Å². The van der Waals surface area contributed by atoms with Gasteiger partial charge in [0.1, 0.15) is 0 Å². The van der Waals surface area contributed by atoms with Crippen LogP contribution in [-0.2, 0) is 9.53 Å². The number of ether oxygens (including phenoxy) is 1. The lowest BCUT2D eigenvalue weighted by atomic mass is 9.46. The second-order valence-corrected chi connectivity index (χ2v) is 7.27. The van der Waals surface area contributed by atoms with E-state index in [-0.39, 0.29) is 0 Å². The van der Waals surface area contributed by atoms with Gasteiger partial charge in [0.25, 0.3) is 0 Å². The maximum atomic E-state index is 11.9. The van der Waals surface area contributed by atoms with E-state index in [0.717, 1.165) is 32.1 Å². The summed E-state index contributed by atoms with van der Waals surface area (Å²) in [6.07, 6.45) is 5.00. The average molecular weight is 274 g/mol. The molecule has 4 nitrogen and oxygen atoms in total. The van der Waals surface area contributed by atoms with Crippen molar-refractivity contribution in [2.24, 2.45) is 23.0 Å². The number of hydrogen-bond donors (Lipinski definition) is 2. The van der Waals surface area contributed by atoms with Crippen LogP contribution in [0.4, 0.5) is 0 Å². The lowest BCUT2D eigenvalue weighted by Gasteiger charge is -2.62. The van der Waals surface area contributed by atoms with Crippen LogP contribution < -0.4 is 5.73 Å². The number of nitrogens with two attached hydrogens (primary N) is 1. The van der Waals surface area contributed by atoms with E-state index in [4.69, 9.17) is 22.1 Å². The highest BCUT2D eigenvalue weighted by Gasteiger charge is 2.65. The average Bonchev–Trinajstić information content (AvgIpc) is 2.24. The Morgan fingerprint density at radius 3 is 2.39 bits per heavy atom. The molecule has 18 heavy (non-hydrogen) atoms. The van der Waals surface area contributed by atoms with Crippen molar-refractivity contribution in [1.29, 1.82) is 0 Å². The molecule has 0 aliphatic heterocycles. The third-order valence-corrected chi connectivity index (χ3v) is 5.84. The minimum atomic E-state index is -1.51. The Labute approximate surface area is 112 Å². The standard InChI is InChI=1S/C13H20ClNO3/c1-18-10(16)13(14,15)11-3-8-2-9(4-11)6-12(17,5-8)7-11/h8-9,17H,2-7,15H2,1H3/t8-,9?,11?,12?,13?/m1/s1. The molecule has 0 spiro atoms. The molecule has 0 aromatic heterocycles. The van der Waals surface area contributed by atoms with Crippen molar-refractivity contribution >= 4 is 17.6 Å². The molecule has 4 saturated carbocycles. The Kier molecular flexibility index (Phi) is 2.55. The normalized spacial score (nSPS) is 48.9. The fourth-order valence-electron chi connectivity index (χ4n) is 5.00. The molecule has 4 unspecified atom stereocenters. The van der Waals surface area contributed by atoms with Gasteiger partial charge in [0.2, 0.25) is 0 Å². The molecule has 4 fully saturated rings. The van der Waals surface area contributed by atoms with Crippen molar-refractivity contribution in [3.05, 3.63) is 0 Å². The SMILES string of the molecule is COC(=O)C(N)(Cl)C12CC3C[C@@H](CC(O)(C3)C1)C2. The number of alkyl halides is 1. The molecular weight excluding hydrogens is 254 g/mol. The Bertz CT molecular complexity index is 382. The van der Waals surface area contributed by atoms with Crippen LogP contribution in [-0.4, -0.2) is 28.8 Å². The zero-order valence-electron chi connectivity index (χ0n) is 10.6. The Morgan fingerprint density at radius 1 is 1.39 bits per heavy atom. The number of aliphatic hydroxyl groups is 1. The van der Waals surface area contributed by atoms with Crippen molar-refractivity contribution in [3.63, 3.8) is 0 Å². The zero-order chi connectivity index (χ0) is 13.2. The van der Waals surface area contributed by atoms with Crippen LogP contribution in [0.5, 0.6) is 0 Å². The number of methoxy groups -OCH3 is 1. The highest BCUT2D eigenvalue weighted by Crippen LogP contribution is 2.65. The lowest BCUT2D eigenvalue weighted by molar-refractivity contribution is -0.186.